The SMILES string of the molecule is Cc1cc(C)cc(Nc2cc(NCc3ccco3)ncn2)c1. The molecule has 0 fully saturated rings. The smallest absolute Gasteiger partial charge is 0.135 e. The fraction of sp³-hybridized carbons (Fsp3) is 0.176. The van der Waals surface area contributed by atoms with Crippen molar-refractivity contribution >= 4 is 17.3 Å². The third-order valence-corrected chi connectivity index (χ3v) is 3.19. The summed E-state index contributed by atoms with van der Waals surface area (Å²) in [7, 11) is 0. The lowest BCUT2D eigenvalue weighted by molar-refractivity contribution is 0.518. The molecule has 0 spiro atoms. The minimum absolute atomic E-state index is 0.590. The summed E-state index contributed by atoms with van der Waals surface area (Å²) in [5.74, 6) is 2.36. The monoisotopic (exact) mass is 294 g/mol. The quantitative estimate of drug-likeness (QED) is 0.743. The summed E-state index contributed by atoms with van der Waals surface area (Å²) >= 11 is 0. The van der Waals surface area contributed by atoms with Crippen LogP contribution in [0.3, 0.4) is 0 Å². The van der Waals surface area contributed by atoms with Crippen molar-refractivity contribution in [3.05, 3.63) is 65.9 Å². The van der Waals surface area contributed by atoms with Crippen LogP contribution in [0.4, 0.5) is 17.3 Å². The summed E-state index contributed by atoms with van der Waals surface area (Å²) < 4.78 is 5.29. The summed E-state index contributed by atoms with van der Waals surface area (Å²) in [5.41, 5.74) is 3.45. The Morgan fingerprint density at radius 3 is 2.50 bits per heavy atom. The summed E-state index contributed by atoms with van der Waals surface area (Å²) in [4.78, 5) is 8.47. The molecule has 0 aliphatic heterocycles. The van der Waals surface area contributed by atoms with Crippen molar-refractivity contribution in [3.63, 3.8) is 0 Å². The third kappa shape index (κ3) is 3.63. The predicted molar refractivity (Wildman–Crippen MR) is 87.3 cm³/mol. The van der Waals surface area contributed by atoms with Gasteiger partial charge in [-0.3, -0.25) is 0 Å². The number of hydrogen-bond acceptors (Lipinski definition) is 5. The molecule has 3 aromatic rings. The molecule has 5 heteroatoms. The molecule has 112 valence electrons. The van der Waals surface area contributed by atoms with E-state index >= 15 is 0 Å². The van der Waals surface area contributed by atoms with E-state index in [2.05, 4.69) is 52.6 Å². The van der Waals surface area contributed by atoms with Crippen LogP contribution in [0.25, 0.3) is 0 Å². The van der Waals surface area contributed by atoms with Crippen LogP contribution in [0.2, 0.25) is 0 Å². The van der Waals surface area contributed by atoms with Gasteiger partial charge in [-0.25, -0.2) is 9.97 Å². The maximum atomic E-state index is 5.29. The molecule has 5 nitrogen and oxygen atoms in total. The number of aromatic nitrogens is 2. The first-order valence-electron chi connectivity index (χ1n) is 7.13. The van der Waals surface area contributed by atoms with Crippen LogP contribution >= 0.6 is 0 Å². The molecule has 2 N–H and O–H groups in total. The molecule has 0 saturated heterocycles. The lowest BCUT2D eigenvalue weighted by Gasteiger charge is -2.09. The number of furan rings is 1. The molecular weight excluding hydrogens is 276 g/mol. The molecule has 1 aromatic carbocycles. The van der Waals surface area contributed by atoms with E-state index in [1.165, 1.54) is 17.5 Å². The molecule has 0 amide bonds. The zero-order valence-corrected chi connectivity index (χ0v) is 12.6. The summed E-state index contributed by atoms with van der Waals surface area (Å²) in [6, 6.07) is 12.0. The first kappa shape index (κ1) is 14.1. The number of hydrogen-bond donors (Lipinski definition) is 2. The Morgan fingerprint density at radius 1 is 1.00 bits per heavy atom. The molecule has 0 saturated carbocycles. The van der Waals surface area contributed by atoms with Crippen molar-refractivity contribution in [1.29, 1.82) is 0 Å². The van der Waals surface area contributed by atoms with Gasteiger partial charge in [0.1, 0.15) is 23.7 Å². The van der Waals surface area contributed by atoms with Crippen molar-refractivity contribution in [2.75, 3.05) is 10.6 Å². The van der Waals surface area contributed by atoms with Gasteiger partial charge in [-0.05, 0) is 49.2 Å². The van der Waals surface area contributed by atoms with E-state index in [0.717, 1.165) is 23.1 Å². The lowest BCUT2D eigenvalue weighted by atomic mass is 10.1. The largest absolute Gasteiger partial charge is 0.467 e. The highest BCUT2D eigenvalue weighted by Crippen LogP contribution is 2.19. The van der Waals surface area contributed by atoms with Crippen molar-refractivity contribution in [2.24, 2.45) is 0 Å². The van der Waals surface area contributed by atoms with Gasteiger partial charge in [-0.1, -0.05) is 6.07 Å². The molecule has 0 aliphatic rings. The van der Waals surface area contributed by atoms with E-state index in [9.17, 15) is 0 Å². The molecule has 0 radical (unpaired) electrons. The van der Waals surface area contributed by atoms with E-state index < -0.39 is 0 Å². The zero-order valence-electron chi connectivity index (χ0n) is 12.6. The molecule has 3 rings (SSSR count). The molecule has 0 aliphatic carbocycles. The second-order valence-electron chi connectivity index (χ2n) is 5.22. The van der Waals surface area contributed by atoms with Gasteiger partial charge in [-0.2, -0.15) is 0 Å². The standard InChI is InChI=1S/C17H18N4O/c1-12-6-13(2)8-14(7-12)21-17-9-16(19-11-20-17)18-10-15-4-3-5-22-15/h3-9,11H,10H2,1-2H3,(H2,18,19,20,21). The average Bonchev–Trinajstić information content (AvgIpc) is 2.98. The van der Waals surface area contributed by atoms with Gasteiger partial charge in [-0.15, -0.1) is 0 Å². The number of nitrogens with one attached hydrogen (secondary N) is 2. The van der Waals surface area contributed by atoms with Gasteiger partial charge in [0, 0.05) is 11.8 Å². The third-order valence-electron chi connectivity index (χ3n) is 3.19. The second-order valence-corrected chi connectivity index (χ2v) is 5.22. The topological polar surface area (TPSA) is 63.0 Å². The minimum Gasteiger partial charge on any atom is -0.467 e. The van der Waals surface area contributed by atoms with E-state index in [1.54, 1.807) is 6.26 Å². The van der Waals surface area contributed by atoms with E-state index in [0.29, 0.717) is 6.54 Å². The molecule has 22 heavy (non-hydrogen) atoms. The first-order valence-corrected chi connectivity index (χ1v) is 7.13. The molecule has 0 atom stereocenters. The summed E-state index contributed by atoms with van der Waals surface area (Å²) in [5, 5.41) is 6.52. The lowest BCUT2D eigenvalue weighted by Crippen LogP contribution is -2.02. The van der Waals surface area contributed by atoms with Crippen molar-refractivity contribution in [2.45, 2.75) is 20.4 Å². The number of nitrogens with zero attached hydrogens (tertiary/aromatic N) is 2. The molecule has 0 bridgehead atoms. The Morgan fingerprint density at radius 2 is 1.77 bits per heavy atom. The van der Waals surface area contributed by atoms with Crippen molar-refractivity contribution in [3.8, 4) is 0 Å². The Labute approximate surface area is 129 Å². The van der Waals surface area contributed by atoms with Crippen LogP contribution in [-0.4, -0.2) is 9.97 Å². The fourth-order valence-corrected chi connectivity index (χ4v) is 2.31. The van der Waals surface area contributed by atoms with E-state index in [1.807, 2.05) is 18.2 Å². The Kier molecular flexibility index (Phi) is 4.05. The Balaban J connectivity index is 1.70. The number of benzene rings is 1. The maximum Gasteiger partial charge on any atom is 0.135 e. The minimum atomic E-state index is 0.590. The number of anilines is 3. The van der Waals surface area contributed by atoms with Crippen LogP contribution < -0.4 is 10.6 Å². The Bertz CT molecular complexity index is 733. The van der Waals surface area contributed by atoms with E-state index in [4.69, 9.17) is 4.42 Å². The van der Waals surface area contributed by atoms with Crippen molar-refractivity contribution in [1.82, 2.24) is 9.97 Å². The average molecular weight is 294 g/mol. The zero-order chi connectivity index (χ0) is 15.4. The van der Waals surface area contributed by atoms with Crippen LogP contribution in [-0.2, 0) is 6.54 Å². The van der Waals surface area contributed by atoms with Gasteiger partial charge in [0.25, 0.3) is 0 Å². The maximum absolute atomic E-state index is 5.29. The van der Waals surface area contributed by atoms with Gasteiger partial charge in [0.05, 0.1) is 12.8 Å². The van der Waals surface area contributed by atoms with E-state index in [-0.39, 0.29) is 0 Å². The second kappa shape index (κ2) is 6.30. The number of rotatable bonds is 5. The molecule has 2 aromatic heterocycles. The first-order chi connectivity index (χ1) is 10.7. The predicted octanol–water partition coefficient (Wildman–Crippen LogP) is 4.04. The summed E-state index contributed by atoms with van der Waals surface area (Å²) in [6.45, 7) is 4.75. The normalized spacial score (nSPS) is 10.5. The highest BCUT2D eigenvalue weighted by atomic mass is 16.3. The van der Waals surface area contributed by atoms with Gasteiger partial charge in [0.15, 0.2) is 0 Å². The highest BCUT2D eigenvalue weighted by molar-refractivity contribution is 5.60. The van der Waals surface area contributed by atoms with Gasteiger partial charge >= 0.3 is 0 Å². The van der Waals surface area contributed by atoms with Crippen molar-refractivity contribution < 1.29 is 4.42 Å². The van der Waals surface area contributed by atoms with Crippen LogP contribution in [0, 0.1) is 13.8 Å². The molecular formula is C17H18N4O. The summed E-state index contributed by atoms with van der Waals surface area (Å²) in [6.07, 6.45) is 3.19. The van der Waals surface area contributed by atoms with Crippen LogP contribution in [0.1, 0.15) is 16.9 Å². The van der Waals surface area contributed by atoms with Gasteiger partial charge < -0.3 is 15.1 Å². The molecule has 0 unspecified atom stereocenters. The highest BCUT2D eigenvalue weighted by Gasteiger charge is 2.02. The van der Waals surface area contributed by atoms with Gasteiger partial charge in [0.2, 0.25) is 0 Å². The molecule has 2 heterocycles. The fourth-order valence-electron chi connectivity index (χ4n) is 2.31. The Hall–Kier alpha value is -2.82. The van der Waals surface area contributed by atoms with Crippen LogP contribution in [0.5, 0.6) is 0 Å². The number of aryl methyl sites for hydroxylation is 2. The van der Waals surface area contributed by atoms with Crippen LogP contribution in [0.15, 0.2) is 53.4 Å².